The number of hydrogen-bond donors (Lipinski definition) is 2. The fraction of sp³-hybridized carbons (Fsp3) is 0.462. The molecule has 19 heavy (non-hydrogen) atoms. The number of hydrogen-bond acceptors (Lipinski definition) is 3. The molecule has 0 aliphatic rings. The highest BCUT2D eigenvalue weighted by molar-refractivity contribution is 7.90. The minimum Gasteiger partial charge on any atom is -0.363 e. The van der Waals surface area contributed by atoms with Crippen LogP contribution in [0.5, 0.6) is 0 Å². The van der Waals surface area contributed by atoms with Crippen LogP contribution in [0, 0.1) is 0 Å². The van der Waals surface area contributed by atoms with E-state index in [1.807, 2.05) is 6.92 Å². The zero-order valence-corrected chi connectivity index (χ0v) is 13.1. The lowest BCUT2D eigenvalue weighted by molar-refractivity contribution is 0.601. The summed E-state index contributed by atoms with van der Waals surface area (Å²) in [4.78, 5) is 0.329. The molecule has 1 atom stereocenters. The fourth-order valence-corrected chi connectivity index (χ4v) is 2.48. The van der Waals surface area contributed by atoms with Gasteiger partial charge in [-0.25, -0.2) is 8.42 Å². The van der Waals surface area contributed by atoms with Gasteiger partial charge in [0.2, 0.25) is 0 Å². The molecule has 0 spiro atoms. The van der Waals surface area contributed by atoms with Crippen molar-refractivity contribution in [2.24, 2.45) is 0 Å². The summed E-state index contributed by atoms with van der Waals surface area (Å²) in [5.74, 6) is 0. The van der Waals surface area contributed by atoms with Gasteiger partial charge in [0.1, 0.15) is 0 Å². The molecule has 0 saturated heterocycles. The Morgan fingerprint density at radius 2 is 1.89 bits per heavy atom. The number of nitrogens with one attached hydrogen (secondary N) is 2. The van der Waals surface area contributed by atoms with Crippen molar-refractivity contribution in [2.45, 2.75) is 31.2 Å². The van der Waals surface area contributed by atoms with Gasteiger partial charge in [0.05, 0.1) is 10.9 Å². The Labute approximate surface area is 120 Å². The molecule has 6 heteroatoms. The first-order valence-corrected chi connectivity index (χ1v) is 8.49. The predicted molar refractivity (Wildman–Crippen MR) is 82.0 cm³/mol. The standard InChI is InChI=1S/C13H20N2O2S2/c1-4-9-14-13(18)15-10(2)11-5-7-12(8-6-11)19(3,16)17/h5-8,10H,4,9H2,1-3H3,(H2,14,15,18)/t10-/m1/s1. The molecule has 0 bridgehead atoms. The summed E-state index contributed by atoms with van der Waals surface area (Å²) in [5.41, 5.74) is 0.994. The van der Waals surface area contributed by atoms with E-state index >= 15 is 0 Å². The summed E-state index contributed by atoms with van der Waals surface area (Å²) >= 11 is 5.16. The first kappa shape index (κ1) is 15.9. The summed E-state index contributed by atoms with van der Waals surface area (Å²) in [6.07, 6.45) is 2.22. The van der Waals surface area contributed by atoms with Crippen molar-refractivity contribution in [1.82, 2.24) is 10.6 Å². The Bertz CT molecular complexity index is 524. The number of rotatable bonds is 5. The molecule has 1 rings (SSSR count). The third-order valence-electron chi connectivity index (χ3n) is 2.69. The number of benzene rings is 1. The minimum absolute atomic E-state index is 0.0328. The van der Waals surface area contributed by atoms with E-state index in [0.717, 1.165) is 18.5 Å². The molecular formula is C13H20N2O2S2. The van der Waals surface area contributed by atoms with Gasteiger partial charge >= 0.3 is 0 Å². The minimum atomic E-state index is -3.14. The topological polar surface area (TPSA) is 58.2 Å². The second kappa shape index (κ2) is 6.86. The quantitative estimate of drug-likeness (QED) is 0.815. The van der Waals surface area contributed by atoms with Crippen molar-refractivity contribution < 1.29 is 8.42 Å². The molecule has 0 unspecified atom stereocenters. The molecule has 0 aromatic heterocycles. The van der Waals surface area contributed by atoms with Crippen LogP contribution >= 0.6 is 12.2 Å². The van der Waals surface area contributed by atoms with E-state index in [9.17, 15) is 8.42 Å². The molecule has 0 saturated carbocycles. The monoisotopic (exact) mass is 300 g/mol. The average molecular weight is 300 g/mol. The smallest absolute Gasteiger partial charge is 0.175 e. The molecule has 0 aliphatic carbocycles. The molecule has 1 aromatic carbocycles. The molecule has 106 valence electrons. The van der Waals surface area contributed by atoms with Gasteiger partial charge in [0.15, 0.2) is 14.9 Å². The van der Waals surface area contributed by atoms with Gasteiger partial charge < -0.3 is 10.6 Å². The predicted octanol–water partition coefficient (Wildman–Crippen LogP) is 2.03. The third-order valence-corrected chi connectivity index (χ3v) is 4.08. The normalized spacial score (nSPS) is 12.8. The van der Waals surface area contributed by atoms with E-state index in [0.29, 0.717) is 10.0 Å². The first-order valence-electron chi connectivity index (χ1n) is 6.19. The highest BCUT2D eigenvalue weighted by Crippen LogP contribution is 2.16. The van der Waals surface area contributed by atoms with Crippen molar-refractivity contribution in [3.63, 3.8) is 0 Å². The van der Waals surface area contributed by atoms with Crippen LogP contribution in [0.1, 0.15) is 31.9 Å². The van der Waals surface area contributed by atoms with E-state index in [2.05, 4.69) is 17.6 Å². The van der Waals surface area contributed by atoms with Gasteiger partial charge in [-0.3, -0.25) is 0 Å². The maximum absolute atomic E-state index is 11.4. The van der Waals surface area contributed by atoms with Gasteiger partial charge in [-0.05, 0) is 43.3 Å². The molecule has 0 aliphatic heterocycles. The second-order valence-electron chi connectivity index (χ2n) is 4.46. The second-order valence-corrected chi connectivity index (χ2v) is 6.89. The maximum Gasteiger partial charge on any atom is 0.175 e. The van der Waals surface area contributed by atoms with Gasteiger partial charge in [-0.1, -0.05) is 19.1 Å². The van der Waals surface area contributed by atoms with Crippen LogP contribution in [0.2, 0.25) is 0 Å². The van der Waals surface area contributed by atoms with Crippen molar-refractivity contribution in [3.05, 3.63) is 29.8 Å². The fourth-order valence-electron chi connectivity index (χ4n) is 1.57. The van der Waals surface area contributed by atoms with Crippen LogP contribution in [-0.4, -0.2) is 26.3 Å². The zero-order valence-electron chi connectivity index (χ0n) is 11.4. The van der Waals surface area contributed by atoms with E-state index in [1.54, 1.807) is 24.3 Å². The van der Waals surface area contributed by atoms with Crippen LogP contribution < -0.4 is 10.6 Å². The van der Waals surface area contributed by atoms with Crippen molar-refractivity contribution in [3.8, 4) is 0 Å². The van der Waals surface area contributed by atoms with Gasteiger partial charge in [-0.2, -0.15) is 0 Å². The Kier molecular flexibility index (Phi) is 5.75. The summed E-state index contributed by atoms with van der Waals surface area (Å²) in [6.45, 7) is 4.89. The average Bonchev–Trinajstić information content (AvgIpc) is 2.35. The zero-order chi connectivity index (χ0) is 14.5. The maximum atomic E-state index is 11.4. The van der Waals surface area contributed by atoms with Crippen LogP contribution in [0.3, 0.4) is 0 Å². The lowest BCUT2D eigenvalue weighted by Gasteiger charge is -2.17. The van der Waals surface area contributed by atoms with Crippen LogP contribution in [0.25, 0.3) is 0 Å². The number of sulfone groups is 1. The Morgan fingerprint density at radius 3 is 2.37 bits per heavy atom. The van der Waals surface area contributed by atoms with Crippen LogP contribution in [0.4, 0.5) is 0 Å². The van der Waals surface area contributed by atoms with Crippen molar-refractivity contribution >= 4 is 27.2 Å². The highest BCUT2D eigenvalue weighted by Gasteiger charge is 2.10. The lowest BCUT2D eigenvalue weighted by Crippen LogP contribution is -2.37. The molecular weight excluding hydrogens is 280 g/mol. The summed E-state index contributed by atoms with van der Waals surface area (Å²) < 4.78 is 22.7. The molecule has 0 amide bonds. The van der Waals surface area contributed by atoms with Crippen LogP contribution in [0.15, 0.2) is 29.2 Å². The van der Waals surface area contributed by atoms with E-state index in [1.165, 1.54) is 6.26 Å². The third kappa shape index (κ3) is 5.16. The largest absolute Gasteiger partial charge is 0.363 e. The summed E-state index contributed by atoms with van der Waals surface area (Å²) in [5, 5.41) is 6.87. The number of thiocarbonyl (C=S) groups is 1. The van der Waals surface area contributed by atoms with Gasteiger partial charge in [0.25, 0.3) is 0 Å². The first-order chi connectivity index (χ1) is 8.84. The molecule has 4 nitrogen and oxygen atoms in total. The van der Waals surface area contributed by atoms with Crippen molar-refractivity contribution in [1.29, 1.82) is 0 Å². The summed E-state index contributed by atoms with van der Waals surface area (Å²) in [6, 6.07) is 6.87. The molecule has 0 fully saturated rings. The molecule has 1 aromatic rings. The van der Waals surface area contributed by atoms with Gasteiger partial charge in [0, 0.05) is 12.8 Å². The van der Waals surface area contributed by atoms with Gasteiger partial charge in [-0.15, -0.1) is 0 Å². The van der Waals surface area contributed by atoms with Crippen molar-refractivity contribution in [2.75, 3.05) is 12.8 Å². The Hall–Kier alpha value is -1.14. The summed E-state index contributed by atoms with van der Waals surface area (Å²) in [7, 11) is -3.14. The molecule has 0 heterocycles. The SMILES string of the molecule is CCCNC(=S)N[C@H](C)c1ccc(S(C)(=O)=O)cc1. The lowest BCUT2D eigenvalue weighted by atomic mass is 10.1. The van der Waals surface area contributed by atoms with E-state index in [-0.39, 0.29) is 6.04 Å². The van der Waals surface area contributed by atoms with E-state index in [4.69, 9.17) is 12.2 Å². The Balaban J connectivity index is 2.68. The highest BCUT2D eigenvalue weighted by atomic mass is 32.2. The Morgan fingerprint density at radius 1 is 1.32 bits per heavy atom. The molecule has 0 radical (unpaired) electrons. The van der Waals surface area contributed by atoms with Crippen LogP contribution in [-0.2, 0) is 9.84 Å². The van der Waals surface area contributed by atoms with E-state index < -0.39 is 9.84 Å². The molecule has 2 N–H and O–H groups in total.